The van der Waals surface area contributed by atoms with E-state index in [9.17, 15) is 0 Å². The molecule has 0 aromatic heterocycles. The lowest BCUT2D eigenvalue weighted by Crippen LogP contribution is -2.29. The van der Waals surface area contributed by atoms with Gasteiger partial charge in [0.25, 0.3) is 0 Å². The molecule has 1 aliphatic rings. The van der Waals surface area contributed by atoms with Crippen LogP contribution in [0.25, 0.3) is 0 Å². The molecule has 0 saturated heterocycles. The van der Waals surface area contributed by atoms with Gasteiger partial charge in [0.15, 0.2) is 0 Å². The van der Waals surface area contributed by atoms with Gasteiger partial charge in [-0.15, -0.1) is 13.2 Å². The van der Waals surface area contributed by atoms with E-state index in [2.05, 4.69) is 47.6 Å². The molecular weight excluding hydrogens is 208 g/mol. The molecule has 0 aliphatic carbocycles. The van der Waals surface area contributed by atoms with Gasteiger partial charge in [-0.25, -0.2) is 0 Å². The minimum Gasteiger partial charge on any atom is -0.384 e. The quantitative estimate of drug-likeness (QED) is 0.753. The van der Waals surface area contributed by atoms with Crippen molar-refractivity contribution in [3.8, 4) is 0 Å². The standard InChI is InChI=1S/C15H20N2/c1-3-9-17(10-4-2)12-13-11-16-15-8-6-5-7-14(13)15/h3-8,13,16H,1-2,9-12H2. The summed E-state index contributed by atoms with van der Waals surface area (Å²) in [6.45, 7) is 11.6. The van der Waals surface area contributed by atoms with E-state index in [1.54, 1.807) is 0 Å². The average Bonchev–Trinajstić information content (AvgIpc) is 2.74. The Balaban J connectivity index is 2.04. The maximum atomic E-state index is 3.81. The molecule has 1 heterocycles. The highest BCUT2D eigenvalue weighted by Gasteiger charge is 2.22. The third-order valence-electron chi connectivity index (χ3n) is 3.19. The van der Waals surface area contributed by atoms with E-state index < -0.39 is 0 Å². The normalized spacial score (nSPS) is 17.6. The smallest absolute Gasteiger partial charge is 0.0376 e. The van der Waals surface area contributed by atoms with Gasteiger partial charge in [0.2, 0.25) is 0 Å². The lowest BCUT2D eigenvalue weighted by Gasteiger charge is -2.22. The van der Waals surface area contributed by atoms with Crippen molar-refractivity contribution in [2.75, 3.05) is 31.5 Å². The molecule has 1 atom stereocenters. The Morgan fingerprint density at radius 1 is 1.24 bits per heavy atom. The zero-order valence-corrected chi connectivity index (χ0v) is 10.2. The molecule has 1 unspecified atom stereocenters. The molecule has 1 aliphatic heterocycles. The van der Waals surface area contributed by atoms with Gasteiger partial charge in [-0.3, -0.25) is 4.90 Å². The minimum absolute atomic E-state index is 0.575. The number of anilines is 1. The number of nitrogens with one attached hydrogen (secondary N) is 1. The molecule has 2 heteroatoms. The second-order valence-electron chi connectivity index (χ2n) is 4.46. The van der Waals surface area contributed by atoms with Crippen molar-refractivity contribution >= 4 is 5.69 Å². The number of hydrogen-bond acceptors (Lipinski definition) is 2. The lowest BCUT2D eigenvalue weighted by molar-refractivity contribution is 0.317. The van der Waals surface area contributed by atoms with E-state index in [1.807, 2.05) is 12.2 Å². The summed E-state index contributed by atoms with van der Waals surface area (Å²) in [5.41, 5.74) is 2.72. The molecule has 17 heavy (non-hydrogen) atoms. The van der Waals surface area contributed by atoms with Crippen molar-refractivity contribution in [1.29, 1.82) is 0 Å². The predicted octanol–water partition coefficient (Wildman–Crippen LogP) is 2.87. The third kappa shape index (κ3) is 2.77. The Morgan fingerprint density at radius 3 is 2.65 bits per heavy atom. The van der Waals surface area contributed by atoms with E-state index in [0.29, 0.717) is 5.92 Å². The van der Waals surface area contributed by atoms with Crippen molar-refractivity contribution in [2.45, 2.75) is 5.92 Å². The molecule has 0 radical (unpaired) electrons. The van der Waals surface area contributed by atoms with Gasteiger partial charge in [-0.05, 0) is 11.6 Å². The van der Waals surface area contributed by atoms with Gasteiger partial charge in [0.1, 0.15) is 0 Å². The monoisotopic (exact) mass is 228 g/mol. The van der Waals surface area contributed by atoms with Crippen molar-refractivity contribution in [2.24, 2.45) is 0 Å². The van der Waals surface area contributed by atoms with E-state index in [0.717, 1.165) is 26.2 Å². The topological polar surface area (TPSA) is 15.3 Å². The van der Waals surface area contributed by atoms with Gasteiger partial charge < -0.3 is 5.32 Å². The number of para-hydroxylation sites is 1. The molecule has 90 valence electrons. The number of benzene rings is 1. The zero-order valence-electron chi connectivity index (χ0n) is 10.2. The molecule has 1 aromatic rings. The fourth-order valence-corrected chi connectivity index (χ4v) is 2.42. The van der Waals surface area contributed by atoms with Crippen LogP contribution in [-0.4, -0.2) is 31.1 Å². The van der Waals surface area contributed by atoms with Crippen LogP contribution in [0.4, 0.5) is 5.69 Å². The summed E-state index contributed by atoms with van der Waals surface area (Å²) in [6, 6.07) is 8.57. The van der Waals surface area contributed by atoms with Gasteiger partial charge in [-0.2, -0.15) is 0 Å². The molecule has 0 saturated carbocycles. The van der Waals surface area contributed by atoms with Crippen LogP contribution in [0.3, 0.4) is 0 Å². The molecule has 2 rings (SSSR count). The molecule has 0 bridgehead atoms. The van der Waals surface area contributed by atoms with Crippen molar-refractivity contribution < 1.29 is 0 Å². The third-order valence-corrected chi connectivity index (χ3v) is 3.19. The Kier molecular flexibility index (Phi) is 3.99. The fourth-order valence-electron chi connectivity index (χ4n) is 2.42. The first-order valence-electron chi connectivity index (χ1n) is 6.12. The van der Waals surface area contributed by atoms with E-state index in [1.165, 1.54) is 11.3 Å². The maximum absolute atomic E-state index is 3.81. The van der Waals surface area contributed by atoms with Crippen LogP contribution in [-0.2, 0) is 0 Å². The van der Waals surface area contributed by atoms with Crippen molar-refractivity contribution in [1.82, 2.24) is 4.90 Å². The zero-order chi connectivity index (χ0) is 12.1. The Labute approximate surface area is 104 Å². The van der Waals surface area contributed by atoms with Crippen LogP contribution in [0.1, 0.15) is 11.5 Å². The van der Waals surface area contributed by atoms with Crippen molar-refractivity contribution in [3.63, 3.8) is 0 Å². The van der Waals surface area contributed by atoms with Gasteiger partial charge in [0, 0.05) is 37.8 Å². The van der Waals surface area contributed by atoms with Crippen LogP contribution in [0.2, 0.25) is 0 Å². The highest BCUT2D eigenvalue weighted by atomic mass is 15.1. The van der Waals surface area contributed by atoms with Gasteiger partial charge in [-0.1, -0.05) is 30.4 Å². The molecule has 2 nitrogen and oxygen atoms in total. The maximum Gasteiger partial charge on any atom is 0.0376 e. The predicted molar refractivity (Wildman–Crippen MR) is 74.5 cm³/mol. The highest BCUT2D eigenvalue weighted by molar-refractivity contribution is 5.57. The summed E-state index contributed by atoms with van der Waals surface area (Å²) in [6.07, 6.45) is 3.91. The number of rotatable bonds is 6. The summed E-state index contributed by atoms with van der Waals surface area (Å²) in [5, 5.41) is 3.46. The molecule has 0 spiro atoms. The lowest BCUT2D eigenvalue weighted by atomic mass is 10.0. The van der Waals surface area contributed by atoms with Crippen LogP contribution in [0.5, 0.6) is 0 Å². The average molecular weight is 228 g/mol. The Hall–Kier alpha value is -1.54. The summed E-state index contributed by atoms with van der Waals surface area (Å²) in [4.78, 5) is 2.37. The number of fused-ring (bicyclic) bond motifs is 1. The number of hydrogen-bond donors (Lipinski definition) is 1. The summed E-state index contributed by atoms with van der Waals surface area (Å²) >= 11 is 0. The molecule has 0 fully saturated rings. The molecular formula is C15H20N2. The second kappa shape index (κ2) is 5.69. The fraction of sp³-hybridized carbons (Fsp3) is 0.333. The van der Waals surface area contributed by atoms with Crippen LogP contribution in [0, 0.1) is 0 Å². The largest absolute Gasteiger partial charge is 0.384 e. The van der Waals surface area contributed by atoms with Crippen LogP contribution < -0.4 is 5.32 Å². The summed E-state index contributed by atoms with van der Waals surface area (Å²) < 4.78 is 0. The Morgan fingerprint density at radius 2 is 1.94 bits per heavy atom. The molecule has 1 N–H and O–H groups in total. The van der Waals surface area contributed by atoms with Gasteiger partial charge >= 0.3 is 0 Å². The number of nitrogens with zero attached hydrogens (tertiary/aromatic N) is 1. The molecule has 1 aromatic carbocycles. The summed E-state index contributed by atoms with van der Waals surface area (Å²) in [5.74, 6) is 0.575. The van der Waals surface area contributed by atoms with Crippen LogP contribution >= 0.6 is 0 Å². The van der Waals surface area contributed by atoms with Crippen molar-refractivity contribution in [3.05, 3.63) is 55.1 Å². The Bertz CT molecular complexity index is 388. The minimum atomic E-state index is 0.575. The molecule has 0 amide bonds. The SMILES string of the molecule is C=CCN(CC=C)CC1CNc2ccccc21. The first kappa shape index (κ1) is 11.9. The van der Waals surface area contributed by atoms with E-state index >= 15 is 0 Å². The second-order valence-corrected chi connectivity index (χ2v) is 4.46. The summed E-state index contributed by atoms with van der Waals surface area (Å²) in [7, 11) is 0. The first-order valence-corrected chi connectivity index (χ1v) is 6.12. The van der Waals surface area contributed by atoms with E-state index in [4.69, 9.17) is 0 Å². The van der Waals surface area contributed by atoms with E-state index in [-0.39, 0.29) is 0 Å². The van der Waals surface area contributed by atoms with Crippen LogP contribution in [0.15, 0.2) is 49.6 Å². The van der Waals surface area contributed by atoms with Gasteiger partial charge in [0.05, 0.1) is 0 Å². The highest BCUT2D eigenvalue weighted by Crippen LogP contribution is 2.31. The first-order chi connectivity index (χ1) is 8.35.